The fourth-order valence-electron chi connectivity index (χ4n) is 3.68. The van der Waals surface area contributed by atoms with Crippen molar-refractivity contribution in [3.8, 4) is 0 Å². The van der Waals surface area contributed by atoms with Crippen molar-refractivity contribution in [2.45, 2.75) is 50.7 Å². The van der Waals surface area contributed by atoms with Gasteiger partial charge in [-0.25, -0.2) is 4.39 Å². The average molecular weight is 341 g/mol. The summed E-state index contributed by atoms with van der Waals surface area (Å²) in [7, 11) is 0. The van der Waals surface area contributed by atoms with Gasteiger partial charge in [0.05, 0.1) is 0 Å². The maximum atomic E-state index is 13.2. The van der Waals surface area contributed by atoms with E-state index >= 15 is 0 Å². The molecule has 2 nitrogen and oxygen atoms in total. The Bertz CT molecular complexity index is 485. The van der Waals surface area contributed by atoms with E-state index in [1.165, 1.54) is 31.2 Å². The van der Waals surface area contributed by atoms with E-state index in [0.29, 0.717) is 11.6 Å². The van der Waals surface area contributed by atoms with Crippen LogP contribution >= 0.6 is 15.9 Å². The van der Waals surface area contributed by atoms with E-state index in [2.05, 4.69) is 33.1 Å². The molecule has 1 atom stereocenters. The summed E-state index contributed by atoms with van der Waals surface area (Å²) in [6.45, 7) is 5.32. The molecule has 0 amide bonds. The van der Waals surface area contributed by atoms with Crippen LogP contribution in [0.2, 0.25) is 0 Å². The van der Waals surface area contributed by atoms with E-state index in [1.54, 1.807) is 12.1 Å². The summed E-state index contributed by atoms with van der Waals surface area (Å²) in [5.74, 6) is -0.176. The number of rotatable bonds is 2. The van der Waals surface area contributed by atoms with Crippen LogP contribution in [0.3, 0.4) is 0 Å². The van der Waals surface area contributed by atoms with Crippen molar-refractivity contribution >= 4 is 15.9 Å². The Morgan fingerprint density at radius 1 is 1.40 bits per heavy atom. The van der Waals surface area contributed by atoms with Gasteiger partial charge >= 0.3 is 0 Å². The molecule has 2 fully saturated rings. The third-order valence-electron chi connectivity index (χ3n) is 4.86. The van der Waals surface area contributed by atoms with E-state index < -0.39 is 0 Å². The van der Waals surface area contributed by atoms with Crippen LogP contribution in [0.5, 0.6) is 0 Å². The van der Waals surface area contributed by atoms with Gasteiger partial charge in [-0.05, 0) is 37.5 Å². The van der Waals surface area contributed by atoms with Crippen LogP contribution in [-0.2, 0) is 6.54 Å². The largest absolute Gasteiger partial charge is 0.311 e. The zero-order valence-corrected chi connectivity index (χ0v) is 13.5. The fraction of sp³-hybridized carbons (Fsp3) is 0.625. The number of hydrogen-bond donors (Lipinski definition) is 1. The van der Waals surface area contributed by atoms with Gasteiger partial charge in [-0.2, -0.15) is 0 Å². The van der Waals surface area contributed by atoms with Gasteiger partial charge < -0.3 is 5.32 Å². The average Bonchev–Trinajstić information content (AvgIpc) is 2.87. The first kappa shape index (κ1) is 14.5. The zero-order valence-electron chi connectivity index (χ0n) is 12.0. The normalized spacial score (nSPS) is 26.2. The first-order valence-corrected chi connectivity index (χ1v) is 8.31. The minimum absolute atomic E-state index is 0.176. The van der Waals surface area contributed by atoms with Crippen molar-refractivity contribution in [3.05, 3.63) is 34.1 Å². The fourth-order valence-corrected chi connectivity index (χ4v) is 4.15. The molecule has 1 N–H and O–H groups in total. The number of hydrogen-bond acceptors (Lipinski definition) is 2. The smallest absolute Gasteiger partial charge is 0.124 e. The van der Waals surface area contributed by atoms with Gasteiger partial charge in [0.15, 0.2) is 0 Å². The highest BCUT2D eigenvalue weighted by molar-refractivity contribution is 9.10. The number of nitrogens with one attached hydrogen (secondary N) is 1. The Morgan fingerprint density at radius 2 is 2.15 bits per heavy atom. The Morgan fingerprint density at radius 3 is 2.85 bits per heavy atom. The molecule has 0 radical (unpaired) electrons. The summed E-state index contributed by atoms with van der Waals surface area (Å²) in [5.41, 5.74) is 1.51. The van der Waals surface area contributed by atoms with E-state index in [9.17, 15) is 4.39 Å². The molecule has 1 saturated heterocycles. The topological polar surface area (TPSA) is 15.3 Å². The Balaban J connectivity index is 1.82. The molecule has 4 heteroatoms. The molecular weight excluding hydrogens is 319 g/mol. The lowest BCUT2D eigenvalue weighted by atomic mass is 9.90. The zero-order chi connectivity index (χ0) is 14.2. The first-order valence-electron chi connectivity index (χ1n) is 7.51. The number of halogens is 2. The summed E-state index contributed by atoms with van der Waals surface area (Å²) in [6, 6.07) is 5.57. The van der Waals surface area contributed by atoms with Crippen LogP contribution in [0.1, 0.15) is 38.2 Å². The molecule has 2 aliphatic rings. The second-order valence-corrected chi connectivity index (χ2v) is 7.18. The SMILES string of the molecule is CC1CN(Cc2ccc(F)cc2Br)C2(CCCC2)CN1. The standard InChI is InChI=1S/C16H22BrFN2/c1-12-9-20(16(11-19-12)6-2-3-7-16)10-13-4-5-14(18)8-15(13)17/h4-5,8,12,19H,2-3,6-7,9-11H2,1H3. The number of piperazine rings is 1. The van der Waals surface area contributed by atoms with Gasteiger partial charge in [0, 0.05) is 35.7 Å². The van der Waals surface area contributed by atoms with Crippen molar-refractivity contribution in [1.82, 2.24) is 10.2 Å². The minimum Gasteiger partial charge on any atom is -0.311 e. The lowest BCUT2D eigenvalue weighted by Gasteiger charge is -2.48. The first-order chi connectivity index (χ1) is 9.59. The highest BCUT2D eigenvalue weighted by atomic mass is 79.9. The van der Waals surface area contributed by atoms with Crippen LogP contribution in [-0.4, -0.2) is 29.6 Å². The van der Waals surface area contributed by atoms with Crippen LogP contribution in [0.25, 0.3) is 0 Å². The van der Waals surface area contributed by atoms with Crippen LogP contribution in [0.15, 0.2) is 22.7 Å². The molecule has 1 spiro atoms. The van der Waals surface area contributed by atoms with Crippen LogP contribution in [0, 0.1) is 5.82 Å². The van der Waals surface area contributed by atoms with E-state index in [1.807, 2.05) is 6.07 Å². The summed E-state index contributed by atoms with van der Waals surface area (Å²) in [5, 5.41) is 3.64. The molecule has 1 saturated carbocycles. The van der Waals surface area contributed by atoms with Crippen molar-refractivity contribution in [2.24, 2.45) is 0 Å². The highest BCUT2D eigenvalue weighted by Gasteiger charge is 2.42. The summed E-state index contributed by atoms with van der Waals surface area (Å²) < 4.78 is 14.1. The summed E-state index contributed by atoms with van der Waals surface area (Å²) >= 11 is 3.50. The third-order valence-corrected chi connectivity index (χ3v) is 5.59. The highest BCUT2D eigenvalue weighted by Crippen LogP contribution is 2.38. The predicted octanol–water partition coefficient (Wildman–Crippen LogP) is 3.69. The lowest BCUT2D eigenvalue weighted by molar-refractivity contribution is 0.0391. The molecule has 3 rings (SSSR count). The molecule has 0 aromatic heterocycles. The van der Waals surface area contributed by atoms with E-state index in [-0.39, 0.29) is 5.82 Å². The second-order valence-electron chi connectivity index (χ2n) is 6.33. The summed E-state index contributed by atoms with van der Waals surface area (Å²) in [4.78, 5) is 2.62. The van der Waals surface area contributed by atoms with Gasteiger partial charge in [0.25, 0.3) is 0 Å². The maximum Gasteiger partial charge on any atom is 0.124 e. The molecular formula is C16H22BrFN2. The molecule has 20 heavy (non-hydrogen) atoms. The Hall–Kier alpha value is -0.450. The molecule has 0 bridgehead atoms. The van der Waals surface area contributed by atoms with Crippen molar-refractivity contribution in [2.75, 3.05) is 13.1 Å². The molecule has 1 aliphatic carbocycles. The van der Waals surface area contributed by atoms with Gasteiger partial charge in [-0.1, -0.05) is 34.8 Å². The monoisotopic (exact) mass is 340 g/mol. The molecule has 1 heterocycles. The van der Waals surface area contributed by atoms with Crippen LogP contribution < -0.4 is 5.32 Å². The predicted molar refractivity (Wildman–Crippen MR) is 83.2 cm³/mol. The lowest BCUT2D eigenvalue weighted by Crippen LogP contribution is -2.62. The number of nitrogens with zero attached hydrogens (tertiary/aromatic N) is 1. The maximum absolute atomic E-state index is 13.2. The van der Waals surface area contributed by atoms with Crippen LogP contribution in [0.4, 0.5) is 4.39 Å². The minimum atomic E-state index is -0.176. The molecule has 1 unspecified atom stereocenters. The van der Waals surface area contributed by atoms with Gasteiger partial charge in [-0.3, -0.25) is 4.90 Å². The van der Waals surface area contributed by atoms with Crippen molar-refractivity contribution < 1.29 is 4.39 Å². The van der Waals surface area contributed by atoms with E-state index in [0.717, 1.165) is 24.1 Å². The van der Waals surface area contributed by atoms with Gasteiger partial charge in [-0.15, -0.1) is 0 Å². The third kappa shape index (κ3) is 2.78. The van der Waals surface area contributed by atoms with Crippen molar-refractivity contribution in [3.63, 3.8) is 0 Å². The molecule has 1 aromatic rings. The van der Waals surface area contributed by atoms with E-state index in [4.69, 9.17) is 0 Å². The number of benzene rings is 1. The second kappa shape index (κ2) is 5.74. The van der Waals surface area contributed by atoms with Gasteiger partial charge in [0.2, 0.25) is 0 Å². The van der Waals surface area contributed by atoms with Crippen molar-refractivity contribution in [1.29, 1.82) is 0 Å². The Kier molecular flexibility index (Phi) is 4.16. The Labute approximate surface area is 128 Å². The quantitative estimate of drug-likeness (QED) is 0.883. The summed E-state index contributed by atoms with van der Waals surface area (Å²) in [6.07, 6.45) is 5.23. The molecule has 1 aliphatic heterocycles. The molecule has 1 aromatic carbocycles. The molecule has 110 valence electrons. The van der Waals surface area contributed by atoms with Gasteiger partial charge in [0.1, 0.15) is 5.82 Å².